The van der Waals surface area contributed by atoms with Gasteiger partial charge in [0.05, 0.1) is 17.5 Å². The number of hydrogen-bond donors (Lipinski definition) is 3. The standard InChI is InChI=1S/C18H19N5O3/c1-9(10-2-3-13-12(7-10)17(25)23-22-13)6-11-4-5-26-18-14(15(11)24)16(19)20-8-21-18/h2-3,7-9,11H,4-6H2,1H3,(H2,19,20,21)(H2,22,23,25). The number of ether oxygens (including phenoxy) is 1. The lowest BCUT2D eigenvalue weighted by molar-refractivity contribution is 0.0904. The van der Waals surface area contributed by atoms with Gasteiger partial charge in [-0.1, -0.05) is 13.0 Å². The molecule has 0 amide bonds. The highest BCUT2D eigenvalue weighted by Gasteiger charge is 2.31. The topological polar surface area (TPSA) is 127 Å². The van der Waals surface area contributed by atoms with Gasteiger partial charge in [0.15, 0.2) is 5.78 Å². The predicted molar refractivity (Wildman–Crippen MR) is 96.3 cm³/mol. The molecule has 4 N–H and O–H groups in total. The van der Waals surface area contributed by atoms with E-state index in [9.17, 15) is 9.59 Å². The fraction of sp³-hybridized carbons (Fsp3) is 0.333. The minimum atomic E-state index is -0.236. The Balaban J connectivity index is 1.61. The van der Waals surface area contributed by atoms with E-state index in [2.05, 4.69) is 20.2 Å². The third kappa shape index (κ3) is 2.73. The molecule has 4 rings (SSSR count). The molecule has 2 atom stereocenters. The van der Waals surface area contributed by atoms with Crippen LogP contribution in [0.5, 0.6) is 5.88 Å². The molecule has 0 spiro atoms. The number of nitrogen functional groups attached to an aromatic ring is 1. The van der Waals surface area contributed by atoms with Crippen LogP contribution in [0.25, 0.3) is 10.9 Å². The smallest absolute Gasteiger partial charge is 0.271 e. The highest BCUT2D eigenvalue weighted by Crippen LogP contribution is 2.33. The van der Waals surface area contributed by atoms with Crippen molar-refractivity contribution in [3.63, 3.8) is 0 Å². The van der Waals surface area contributed by atoms with Gasteiger partial charge in [-0.05, 0) is 36.5 Å². The maximum Gasteiger partial charge on any atom is 0.271 e. The highest BCUT2D eigenvalue weighted by atomic mass is 16.5. The van der Waals surface area contributed by atoms with E-state index in [0.29, 0.717) is 24.8 Å². The number of rotatable bonds is 3. The summed E-state index contributed by atoms with van der Waals surface area (Å²) in [7, 11) is 0. The van der Waals surface area contributed by atoms with Crippen molar-refractivity contribution < 1.29 is 9.53 Å². The van der Waals surface area contributed by atoms with Crippen molar-refractivity contribution >= 4 is 22.5 Å². The van der Waals surface area contributed by atoms with Gasteiger partial charge in [0, 0.05) is 5.92 Å². The van der Waals surface area contributed by atoms with Gasteiger partial charge in [-0.3, -0.25) is 19.8 Å². The molecule has 3 aromatic rings. The second kappa shape index (κ2) is 6.29. The lowest BCUT2D eigenvalue weighted by Crippen LogP contribution is -2.18. The van der Waals surface area contributed by atoms with Crippen molar-refractivity contribution in [2.75, 3.05) is 12.3 Å². The monoisotopic (exact) mass is 353 g/mol. The number of benzene rings is 1. The van der Waals surface area contributed by atoms with Gasteiger partial charge in [0.25, 0.3) is 5.56 Å². The van der Waals surface area contributed by atoms with Crippen molar-refractivity contribution in [1.29, 1.82) is 0 Å². The molecular weight excluding hydrogens is 334 g/mol. The van der Waals surface area contributed by atoms with Gasteiger partial charge in [-0.2, -0.15) is 0 Å². The first-order valence-corrected chi connectivity index (χ1v) is 8.52. The molecule has 0 radical (unpaired) electrons. The Kier molecular flexibility index (Phi) is 3.95. The first kappa shape index (κ1) is 16.3. The van der Waals surface area contributed by atoms with Gasteiger partial charge < -0.3 is 10.5 Å². The number of ketones is 1. The molecule has 3 heterocycles. The Hall–Kier alpha value is -3.16. The quantitative estimate of drug-likeness (QED) is 0.661. The molecule has 1 aliphatic heterocycles. The van der Waals surface area contributed by atoms with Crippen LogP contribution in [-0.4, -0.2) is 32.6 Å². The van der Waals surface area contributed by atoms with E-state index < -0.39 is 0 Å². The molecule has 2 aromatic heterocycles. The zero-order chi connectivity index (χ0) is 18.3. The predicted octanol–water partition coefficient (Wildman–Crippen LogP) is 2.00. The number of carbonyl (C=O) groups is 1. The lowest BCUT2D eigenvalue weighted by Gasteiger charge is -2.18. The third-order valence-corrected chi connectivity index (χ3v) is 4.97. The summed E-state index contributed by atoms with van der Waals surface area (Å²) in [6.45, 7) is 2.45. The normalized spacial score (nSPS) is 18.2. The summed E-state index contributed by atoms with van der Waals surface area (Å²) < 4.78 is 5.58. The number of nitrogens with two attached hydrogens (primary N) is 1. The fourth-order valence-corrected chi connectivity index (χ4v) is 3.50. The molecule has 134 valence electrons. The van der Waals surface area contributed by atoms with E-state index in [4.69, 9.17) is 10.5 Å². The van der Waals surface area contributed by atoms with Crippen molar-refractivity contribution in [3.8, 4) is 5.88 Å². The van der Waals surface area contributed by atoms with E-state index >= 15 is 0 Å². The number of aromatic nitrogens is 4. The van der Waals surface area contributed by atoms with Crippen LogP contribution in [0.1, 0.15) is 41.6 Å². The molecule has 8 nitrogen and oxygen atoms in total. The average Bonchev–Trinajstić information content (AvgIpc) is 2.92. The third-order valence-electron chi connectivity index (χ3n) is 4.97. The van der Waals surface area contributed by atoms with Gasteiger partial charge in [-0.25, -0.2) is 9.97 Å². The number of aromatic amines is 2. The molecule has 0 aliphatic carbocycles. The van der Waals surface area contributed by atoms with Crippen molar-refractivity contribution in [3.05, 3.63) is 46.0 Å². The van der Waals surface area contributed by atoms with Gasteiger partial charge >= 0.3 is 0 Å². The number of H-pyrrole nitrogens is 2. The molecule has 2 unspecified atom stereocenters. The van der Waals surface area contributed by atoms with Crippen molar-refractivity contribution in [1.82, 2.24) is 20.2 Å². The van der Waals surface area contributed by atoms with E-state index in [1.165, 1.54) is 6.33 Å². The maximum absolute atomic E-state index is 12.9. The summed E-state index contributed by atoms with van der Waals surface area (Å²) in [6.07, 6.45) is 2.52. The van der Waals surface area contributed by atoms with Crippen LogP contribution in [0.15, 0.2) is 29.3 Å². The second-order valence-corrected chi connectivity index (χ2v) is 6.66. The highest BCUT2D eigenvalue weighted by molar-refractivity contribution is 6.03. The Bertz CT molecular complexity index is 1040. The van der Waals surface area contributed by atoms with Crippen LogP contribution in [0.2, 0.25) is 0 Å². The van der Waals surface area contributed by atoms with Crippen molar-refractivity contribution in [2.45, 2.75) is 25.7 Å². The van der Waals surface area contributed by atoms with Crippen LogP contribution >= 0.6 is 0 Å². The van der Waals surface area contributed by atoms with Crippen LogP contribution in [0.4, 0.5) is 5.82 Å². The SMILES string of the molecule is CC(CC1CCOc2ncnc(N)c2C1=O)c1ccc2[nH][nH]c(=O)c2c1. The molecule has 8 heteroatoms. The molecule has 0 saturated heterocycles. The number of carbonyl (C=O) groups excluding carboxylic acids is 1. The fourth-order valence-electron chi connectivity index (χ4n) is 3.50. The number of anilines is 1. The number of nitrogens with one attached hydrogen (secondary N) is 2. The minimum absolute atomic E-state index is 0.0805. The molecular formula is C18H19N5O3. The summed E-state index contributed by atoms with van der Waals surface area (Å²) in [5.41, 5.74) is 7.79. The largest absolute Gasteiger partial charge is 0.477 e. The van der Waals surface area contributed by atoms with Gasteiger partial charge in [-0.15, -0.1) is 0 Å². The summed E-state index contributed by atoms with van der Waals surface area (Å²) in [5.74, 6) is 0.190. The Morgan fingerprint density at radius 3 is 3.00 bits per heavy atom. The average molecular weight is 353 g/mol. The zero-order valence-corrected chi connectivity index (χ0v) is 14.3. The van der Waals surface area contributed by atoms with Gasteiger partial charge in [0.1, 0.15) is 17.7 Å². The van der Waals surface area contributed by atoms with Crippen LogP contribution in [-0.2, 0) is 0 Å². The summed E-state index contributed by atoms with van der Waals surface area (Å²) >= 11 is 0. The molecule has 26 heavy (non-hydrogen) atoms. The van der Waals surface area contributed by atoms with Gasteiger partial charge in [0.2, 0.25) is 5.88 Å². The molecule has 0 bridgehead atoms. The lowest BCUT2D eigenvalue weighted by atomic mass is 9.84. The first-order chi connectivity index (χ1) is 12.5. The molecule has 0 saturated carbocycles. The summed E-state index contributed by atoms with van der Waals surface area (Å²) in [6, 6.07) is 5.72. The zero-order valence-electron chi connectivity index (χ0n) is 14.3. The number of nitrogens with zero attached hydrogens (tertiary/aromatic N) is 2. The van der Waals surface area contributed by atoms with Crippen LogP contribution < -0.4 is 16.0 Å². The number of Topliss-reactive ketones (excluding diaryl/α,β-unsaturated/α-hetero) is 1. The number of fused-ring (bicyclic) bond motifs is 2. The van der Waals surface area contributed by atoms with Crippen LogP contribution in [0, 0.1) is 5.92 Å². The second-order valence-electron chi connectivity index (χ2n) is 6.66. The van der Waals surface area contributed by atoms with E-state index in [-0.39, 0.29) is 40.4 Å². The first-order valence-electron chi connectivity index (χ1n) is 8.52. The molecule has 1 aromatic carbocycles. The Labute approximate surface area is 148 Å². The Morgan fingerprint density at radius 2 is 2.15 bits per heavy atom. The number of hydrogen-bond acceptors (Lipinski definition) is 6. The van der Waals surface area contributed by atoms with E-state index in [0.717, 1.165) is 11.1 Å². The van der Waals surface area contributed by atoms with E-state index in [1.807, 2.05) is 25.1 Å². The van der Waals surface area contributed by atoms with E-state index in [1.54, 1.807) is 0 Å². The summed E-state index contributed by atoms with van der Waals surface area (Å²) in [5, 5.41) is 6.03. The molecule has 0 fully saturated rings. The molecule has 1 aliphatic rings. The summed E-state index contributed by atoms with van der Waals surface area (Å²) in [4.78, 5) is 32.7. The van der Waals surface area contributed by atoms with Crippen LogP contribution in [0.3, 0.4) is 0 Å². The van der Waals surface area contributed by atoms with Crippen molar-refractivity contribution in [2.24, 2.45) is 5.92 Å². The minimum Gasteiger partial charge on any atom is -0.477 e. The Morgan fingerprint density at radius 1 is 1.31 bits per heavy atom. The maximum atomic E-state index is 12.9.